The largest absolute Gasteiger partial charge is 0.366 e. The van der Waals surface area contributed by atoms with Gasteiger partial charge >= 0.3 is 0 Å². The summed E-state index contributed by atoms with van der Waals surface area (Å²) in [5, 5.41) is 4.10. The molecule has 2 heterocycles. The minimum Gasteiger partial charge on any atom is -0.366 e. The minimum atomic E-state index is -0.385. The fourth-order valence-corrected chi connectivity index (χ4v) is 3.73. The van der Waals surface area contributed by atoms with Gasteiger partial charge in [-0.1, -0.05) is 30.3 Å². The summed E-state index contributed by atoms with van der Waals surface area (Å²) in [6.45, 7) is 0.796. The summed E-state index contributed by atoms with van der Waals surface area (Å²) in [7, 11) is 0. The first-order valence-corrected chi connectivity index (χ1v) is 7.96. The van der Waals surface area contributed by atoms with Crippen LogP contribution in [0.1, 0.15) is 15.2 Å². The molecule has 0 spiro atoms. The van der Waals surface area contributed by atoms with Crippen LogP contribution in [0.3, 0.4) is 0 Å². The molecule has 0 aliphatic carbocycles. The Labute approximate surface area is 131 Å². The second-order valence-corrected chi connectivity index (χ2v) is 6.28. The molecule has 0 fully saturated rings. The zero-order chi connectivity index (χ0) is 15.1. The van der Waals surface area contributed by atoms with Crippen molar-refractivity contribution in [1.82, 2.24) is 4.57 Å². The molecule has 0 unspecified atom stereocenters. The van der Waals surface area contributed by atoms with Gasteiger partial charge in [-0.2, -0.15) is 0 Å². The van der Waals surface area contributed by atoms with Crippen LogP contribution in [0.25, 0.3) is 21.8 Å². The molecule has 0 saturated carbocycles. The number of nitrogens with two attached hydrogens (primary N) is 1. The third kappa shape index (κ3) is 1.92. The molecule has 0 aliphatic heterocycles. The molecule has 3 nitrogen and oxygen atoms in total. The Morgan fingerprint density at radius 3 is 2.59 bits per heavy atom. The number of carbonyl (C=O) groups is 1. The van der Waals surface area contributed by atoms with Gasteiger partial charge in [-0.3, -0.25) is 4.79 Å². The SMILES string of the molecule is NC(=O)c1cccc2c1c1ccccc1n2Cc1cccs1. The molecular weight excluding hydrogens is 292 g/mol. The summed E-state index contributed by atoms with van der Waals surface area (Å²) in [5.41, 5.74) is 8.32. The van der Waals surface area contributed by atoms with Crippen molar-refractivity contribution in [1.29, 1.82) is 0 Å². The van der Waals surface area contributed by atoms with Crippen molar-refractivity contribution in [2.24, 2.45) is 5.73 Å². The standard InChI is InChI=1S/C18H14N2OS/c19-18(21)14-7-3-9-16-17(14)13-6-1-2-8-15(13)20(16)11-12-5-4-10-22-12/h1-10H,11H2,(H2,19,21). The van der Waals surface area contributed by atoms with Gasteiger partial charge in [0.15, 0.2) is 0 Å². The van der Waals surface area contributed by atoms with Gasteiger partial charge in [0.2, 0.25) is 5.91 Å². The maximum Gasteiger partial charge on any atom is 0.249 e. The van der Waals surface area contributed by atoms with Gasteiger partial charge in [0.25, 0.3) is 0 Å². The highest BCUT2D eigenvalue weighted by Crippen LogP contribution is 2.32. The molecule has 1 amide bonds. The summed E-state index contributed by atoms with van der Waals surface area (Å²) in [6, 6.07) is 18.1. The Bertz CT molecular complexity index is 983. The maximum absolute atomic E-state index is 11.8. The molecule has 0 aliphatic rings. The molecule has 0 atom stereocenters. The lowest BCUT2D eigenvalue weighted by Crippen LogP contribution is -2.11. The molecule has 0 radical (unpaired) electrons. The van der Waals surface area contributed by atoms with Crippen LogP contribution in [0.5, 0.6) is 0 Å². The van der Waals surface area contributed by atoms with E-state index in [2.05, 4.69) is 40.3 Å². The molecule has 4 rings (SSSR count). The van der Waals surface area contributed by atoms with Gasteiger partial charge < -0.3 is 10.3 Å². The average Bonchev–Trinajstić information content (AvgIpc) is 3.15. The first kappa shape index (κ1) is 13.1. The molecule has 4 heteroatoms. The Balaban J connectivity index is 2.09. The summed E-state index contributed by atoms with van der Waals surface area (Å²) in [5.74, 6) is -0.385. The molecule has 2 aromatic heterocycles. The third-order valence-corrected chi connectivity index (χ3v) is 4.82. The van der Waals surface area contributed by atoms with Gasteiger partial charge in [-0.05, 0) is 29.6 Å². The number of fused-ring (bicyclic) bond motifs is 3. The summed E-state index contributed by atoms with van der Waals surface area (Å²) in [4.78, 5) is 13.1. The number of benzene rings is 2. The minimum absolute atomic E-state index is 0.385. The fourth-order valence-electron chi connectivity index (χ4n) is 3.03. The molecule has 22 heavy (non-hydrogen) atoms. The van der Waals surface area contributed by atoms with Crippen molar-refractivity contribution in [2.75, 3.05) is 0 Å². The van der Waals surface area contributed by atoms with E-state index in [1.54, 1.807) is 17.4 Å². The van der Waals surface area contributed by atoms with E-state index < -0.39 is 0 Å². The van der Waals surface area contributed by atoms with E-state index in [-0.39, 0.29) is 5.91 Å². The maximum atomic E-state index is 11.8. The zero-order valence-corrected chi connectivity index (χ0v) is 12.6. The highest BCUT2D eigenvalue weighted by molar-refractivity contribution is 7.09. The number of amides is 1. The first-order valence-electron chi connectivity index (χ1n) is 7.08. The van der Waals surface area contributed by atoms with Crippen molar-refractivity contribution in [2.45, 2.75) is 6.54 Å². The lowest BCUT2D eigenvalue weighted by Gasteiger charge is -2.06. The first-order chi connectivity index (χ1) is 10.8. The van der Waals surface area contributed by atoms with E-state index in [9.17, 15) is 4.79 Å². The van der Waals surface area contributed by atoms with Crippen molar-refractivity contribution in [3.05, 3.63) is 70.4 Å². The molecule has 0 saturated heterocycles. The van der Waals surface area contributed by atoms with E-state index in [0.717, 1.165) is 28.4 Å². The normalized spacial score (nSPS) is 11.3. The van der Waals surface area contributed by atoms with Gasteiger partial charge in [-0.25, -0.2) is 0 Å². The Hall–Kier alpha value is -2.59. The number of hydrogen-bond acceptors (Lipinski definition) is 2. The van der Waals surface area contributed by atoms with Crippen LogP contribution in [-0.4, -0.2) is 10.5 Å². The smallest absolute Gasteiger partial charge is 0.249 e. The van der Waals surface area contributed by atoms with Crippen LogP contribution in [-0.2, 0) is 6.54 Å². The van der Waals surface area contributed by atoms with E-state index in [4.69, 9.17) is 5.73 Å². The van der Waals surface area contributed by atoms with Crippen LogP contribution < -0.4 is 5.73 Å². The topological polar surface area (TPSA) is 48.0 Å². The van der Waals surface area contributed by atoms with Crippen molar-refractivity contribution in [3.63, 3.8) is 0 Å². The van der Waals surface area contributed by atoms with Crippen molar-refractivity contribution < 1.29 is 4.79 Å². The van der Waals surface area contributed by atoms with Crippen LogP contribution >= 0.6 is 11.3 Å². The Morgan fingerprint density at radius 1 is 1.00 bits per heavy atom. The van der Waals surface area contributed by atoms with Gasteiger partial charge in [-0.15, -0.1) is 11.3 Å². The van der Waals surface area contributed by atoms with Gasteiger partial charge in [0.05, 0.1) is 12.1 Å². The van der Waals surface area contributed by atoms with Crippen LogP contribution in [0.2, 0.25) is 0 Å². The monoisotopic (exact) mass is 306 g/mol. The second-order valence-electron chi connectivity index (χ2n) is 5.25. The second kappa shape index (κ2) is 5.00. The van der Waals surface area contributed by atoms with E-state index >= 15 is 0 Å². The van der Waals surface area contributed by atoms with E-state index in [1.165, 1.54) is 4.88 Å². The predicted octanol–water partition coefficient (Wildman–Crippen LogP) is 4.00. The number of aromatic nitrogens is 1. The van der Waals surface area contributed by atoms with E-state index in [1.807, 2.05) is 18.2 Å². The highest BCUT2D eigenvalue weighted by Gasteiger charge is 2.16. The number of thiophene rings is 1. The zero-order valence-electron chi connectivity index (χ0n) is 11.8. The number of primary amides is 1. The summed E-state index contributed by atoms with van der Waals surface area (Å²) < 4.78 is 2.25. The molecule has 0 bridgehead atoms. The molecule has 108 valence electrons. The highest BCUT2D eigenvalue weighted by atomic mass is 32.1. The van der Waals surface area contributed by atoms with Crippen LogP contribution in [0.4, 0.5) is 0 Å². The quantitative estimate of drug-likeness (QED) is 0.611. The third-order valence-electron chi connectivity index (χ3n) is 3.96. The van der Waals surface area contributed by atoms with Crippen molar-refractivity contribution in [3.8, 4) is 0 Å². The van der Waals surface area contributed by atoms with Gasteiger partial charge in [0.1, 0.15) is 0 Å². The molecular formula is C18H14N2OS. The number of para-hydroxylation sites is 1. The predicted molar refractivity (Wildman–Crippen MR) is 91.4 cm³/mol. The fraction of sp³-hybridized carbons (Fsp3) is 0.0556. The number of hydrogen-bond donors (Lipinski definition) is 1. The summed E-state index contributed by atoms with van der Waals surface area (Å²) >= 11 is 1.74. The van der Waals surface area contributed by atoms with E-state index in [0.29, 0.717) is 5.56 Å². The summed E-state index contributed by atoms with van der Waals surface area (Å²) in [6.07, 6.45) is 0. The molecule has 4 aromatic rings. The lowest BCUT2D eigenvalue weighted by atomic mass is 10.1. The number of rotatable bonds is 3. The lowest BCUT2D eigenvalue weighted by molar-refractivity contribution is 0.100. The number of nitrogens with zero attached hydrogens (tertiary/aromatic N) is 1. The molecule has 2 N–H and O–H groups in total. The van der Waals surface area contributed by atoms with Gasteiger partial charge in [0, 0.05) is 26.7 Å². The Morgan fingerprint density at radius 2 is 1.82 bits per heavy atom. The average molecular weight is 306 g/mol. The van der Waals surface area contributed by atoms with Crippen molar-refractivity contribution >= 4 is 39.0 Å². The molecule has 2 aromatic carbocycles. The Kier molecular flexibility index (Phi) is 2.98. The van der Waals surface area contributed by atoms with Crippen LogP contribution in [0, 0.1) is 0 Å². The number of carbonyl (C=O) groups excluding carboxylic acids is 1. The van der Waals surface area contributed by atoms with Crippen LogP contribution in [0.15, 0.2) is 60.0 Å².